The Balaban J connectivity index is 2.27. The number of hydrogen-bond acceptors (Lipinski definition) is 3. The number of rotatable bonds is 7. The van der Waals surface area contributed by atoms with E-state index in [2.05, 4.69) is 38.2 Å². The predicted octanol–water partition coefficient (Wildman–Crippen LogP) is 4.71. The number of carbonyl (C=O) groups excluding carboxylic acids is 1. The van der Waals surface area contributed by atoms with Crippen LogP contribution in [0, 0.1) is 6.92 Å². The maximum absolute atomic E-state index is 13.1. The van der Waals surface area contributed by atoms with Crippen molar-refractivity contribution >= 4 is 21.6 Å². The average Bonchev–Trinajstić information content (AvgIpc) is 2.64. The molecule has 0 bridgehead atoms. The molecule has 0 spiro atoms. The van der Waals surface area contributed by atoms with Crippen LogP contribution in [0.25, 0.3) is 0 Å². The van der Waals surface area contributed by atoms with Gasteiger partial charge in [0.15, 0.2) is 0 Å². The van der Waals surface area contributed by atoms with E-state index in [1.54, 1.807) is 18.2 Å². The van der Waals surface area contributed by atoms with Crippen LogP contribution in [0.5, 0.6) is 0 Å². The molecule has 0 saturated heterocycles. The largest absolute Gasteiger partial charge is 0.348 e. The van der Waals surface area contributed by atoms with Crippen molar-refractivity contribution in [1.82, 2.24) is 5.32 Å². The number of nitrogens with zero attached hydrogens (tertiary/aromatic N) is 1. The second-order valence-electron chi connectivity index (χ2n) is 8.92. The first kappa shape index (κ1) is 23.9. The fourth-order valence-electron chi connectivity index (χ4n) is 3.49. The molecule has 0 aromatic heterocycles. The zero-order valence-corrected chi connectivity index (χ0v) is 19.9. The molecule has 164 valence electrons. The highest BCUT2D eigenvalue weighted by Crippen LogP contribution is 2.26. The summed E-state index contributed by atoms with van der Waals surface area (Å²) in [6, 6.07) is 14.3. The smallest absolute Gasteiger partial charge is 0.244 e. The lowest BCUT2D eigenvalue weighted by atomic mass is 9.86. The van der Waals surface area contributed by atoms with Gasteiger partial charge in [-0.3, -0.25) is 9.10 Å². The third-order valence-electron chi connectivity index (χ3n) is 5.22. The lowest BCUT2D eigenvalue weighted by molar-refractivity contribution is -0.122. The highest BCUT2D eigenvalue weighted by Gasteiger charge is 2.32. The molecule has 2 aromatic carbocycles. The number of amides is 1. The van der Waals surface area contributed by atoms with Gasteiger partial charge in [0.25, 0.3) is 0 Å². The van der Waals surface area contributed by atoms with Gasteiger partial charge in [0.2, 0.25) is 15.9 Å². The second kappa shape index (κ2) is 9.21. The van der Waals surface area contributed by atoms with Crippen LogP contribution in [-0.2, 0) is 20.2 Å². The van der Waals surface area contributed by atoms with Crippen molar-refractivity contribution in [3.63, 3.8) is 0 Å². The standard InChI is InChI=1S/C24H34N2O3S/c1-8-22(26(30(7,28)29)21-11-9-10-17(2)16-21)23(27)25-18(3)19-12-14-20(15-13-19)24(4,5)6/h9-16,18,22H,8H2,1-7H3,(H,25,27)/t18-,22-/m1/s1. The predicted molar refractivity (Wildman–Crippen MR) is 124 cm³/mol. The SMILES string of the molecule is CC[C@H](C(=O)N[C@H](C)c1ccc(C(C)(C)C)cc1)N(c1cccc(C)c1)S(C)(=O)=O. The Morgan fingerprint density at radius 1 is 1.10 bits per heavy atom. The summed E-state index contributed by atoms with van der Waals surface area (Å²) < 4.78 is 26.4. The van der Waals surface area contributed by atoms with E-state index in [4.69, 9.17) is 0 Å². The number of hydrogen-bond donors (Lipinski definition) is 1. The van der Waals surface area contributed by atoms with Crippen molar-refractivity contribution in [2.45, 2.75) is 65.5 Å². The van der Waals surface area contributed by atoms with Crippen LogP contribution in [0.15, 0.2) is 48.5 Å². The van der Waals surface area contributed by atoms with Crippen LogP contribution in [0.2, 0.25) is 0 Å². The molecule has 0 unspecified atom stereocenters. The molecule has 0 aliphatic rings. The van der Waals surface area contributed by atoms with Crippen molar-refractivity contribution < 1.29 is 13.2 Å². The molecule has 1 amide bonds. The lowest BCUT2D eigenvalue weighted by Gasteiger charge is -2.31. The second-order valence-corrected chi connectivity index (χ2v) is 10.8. The molecule has 0 aliphatic carbocycles. The van der Waals surface area contributed by atoms with Crippen LogP contribution < -0.4 is 9.62 Å². The van der Waals surface area contributed by atoms with Crippen molar-refractivity contribution in [2.75, 3.05) is 10.6 Å². The number of benzene rings is 2. The van der Waals surface area contributed by atoms with Crippen LogP contribution in [0.4, 0.5) is 5.69 Å². The topological polar surface area (TPSA) is 66.5 Å². The summed E-state index contributed by atoms with van der Waals surface area (Å²) in [4.78, 5) is 13.1. The lowest BCUT2D eigenvalue weighted by Crippen LogP contribution is -2.49. The minimum Gasteiger partial charge on any atom is -0.348 e. The molecule has 0 heterocycles. The zero-order valence-electron chi connectivity index (χ0n) is 19.1. The van der Waals surface area contributed by atoms with Gasteiger partial charge in [0.05, 0.1) is 18.0 Å². The zero-order chi connectivity index (χ0) is 22.7. The molecule has 0 saturated carbocycles. The summed E-state index contributed by atoms with van der Waals surface area (Å²) in [6.07, 6.45) is 1.50. The van der Waals surface area contributed by atoms with Gasteiger partial charge in [-0.25, -0.2) is 8.42 Å². The molecule has 0 fully saturated rings. The van der Waals surface area contributed by atoms with Gasteiger partial charge in [-0.2, -0.15) is 0 Å². The molecule has 6 heteroatoms. The van der Waals surface area contributed by atoms with E-state index in [-0.39, 0.29) is 17.4 Å². The molecule has 0 radical (unpaired) electrons. The monoisotopic (exact) mass is 430 g/mol. The maximum Gasteiger partial charge on any atom is 0.244 e. The molecular formula is C24H34N2O3S. The Morgan fingerprint density at radius 3 is 2.17 bits per heavy atom. The molecule has 5 nitrogen and oxygen atoms in total. The number of anilines is 1. The Hall–Kier alpha value is -2.34. The fourth-order valence-corrected chi connectivity index (χ4v) is 4.69. The van der Waals surface area contributed by atoms with Crippen LogP contribution >= 0.6 is 0 Å². The molecule has 1 N–H and O–H groups in total. The normalized spacial score (nSPS) is 14.1. The quantitative estimate of drug-likeness (QED) is 0.691. The minimum absolute atomic E-state index is 0.0577. The number of aryl methyl sites for hydroxylation is 1. The molecule has 2 atom stereocenters. The number of nitrogens with one attached hydrogen (secondary N) is 1. The first-order valence-corrected chi connectivity index (χ1v) is 12.2. The minimum atomic E-state index is -3.64. The maximum atomic E-state index is 13.1. The Labute approximate surface area is 181 Å². The van der Waals surface area contributed by atoms with Crippen molar-refractivity contribution in [3.8, 4) is 0 Å². The van der Waals surface area contributed by atoms with Gasteiger partial charge in [0, 0.05) is 0 Å². The van der Waals surface area contributed by atoms with E-state index >= 15 is 0 Å². The molecular weight excluding hydrogens is 396 g/mol. The van der Waals surface area contributed by atoms with Crippen molar-refractivity contribution in [1.29, 1.82) is 0 Å². The molecule has 30 heavy (non-hydrogen) atoms. The van der Waals surface area contributed by atoms with Gasteiger partial charge < -0.3 is 5.32 Å². The van der Waals surface area contributed by atoms with E-state index < -0.39 is 16.1 Å². The molecule has 2 aromatic rings. The van der Waals surface area contributed by atoms with Crippen LogP contribution in [0.3, 0.4) is 0 Å². The summed E-state index contributed by atoms with van der Waals surface area (Å²) in [5.74, 6) is -0.308. The van der Waals surface area contributed by atoms with E-state index in [1.165, 1.54) is 9.87 Å². The van der Waals surface area contributed by atoms with Gasteiger partial charge >= 0.3 is 0 Å². The highest BCUT2D eigenvalue weighted by molar-refractivity contribution is 7.92. The average molecular weight is 431 g/mol. The number of carbonyl (C=O) groups is 1. The summed E-state index contributed by atoms with van der Waals surface area (Å²) in [5.41, 5.74) is 3.69. The Bertz CT molecular complexity index is 976. The fraction of sp³-hybridized carbons (Fsp3) is 0.458. The van der Waals surface area contributed by atoms with E-state index in [1.807, 2.05) is 39.0 Å². The van der Waals surface area contributed by atoms with Gasteiger partial charge in [-0.1, -0.05) is 64.1 Å². The molecule has 2 rings (SSSR count). The van der Waals surface area contributed by atoms with E-state index in [9.17, 15) is 13.2 Å². The Kier molecular flexibility index (Phi) is 7.35. The highest BCUT2D eigenvalue weighted by atomic mass is 32.2. The van der Waals surface area contributed by atoms with Crippen LogP contribution in [-0.4, -0.2) is 26.6 Å². The first-order valence-electron chi connectivity index (χ1n) is 10.3. The van der Waals surface area contributed by atoms with Crippen LogP contribution in [0.1, 0.15) is 63.8 Å². The molecule has 0 aliphatic heterocycles. The summed E-state index contributed by atoms with van der Waals surface area (Å²) in [7, 11) is -3.64. The third kappa shape index (κ3) is 5.85. The summed E-state index contributed by atoms with van der Waals surface area (Å²) in [5, 5.41) is 3.00. The van der Waals surface area contributed by atoms with Crippen molar-refractivity contribution in [2.24, 2.45) is 0 Å². The van der Waals surface area contributed by atoms with E-state index in [0.29, 0.717) is 12.1 Å². The Morgan fingerprint density at radius 2 is 1.70 bits per heavy atom. The van der Waals surface area contributed by atoms with E-state index in [0.717, 1.165) is 17.4 Å². The summed E-state index contributed by atoms with van der Waals surface area (Å²) in [6.45, 7) is 12.1. The van der Waals surface area contributed by atoms with Gasteiger partial charge in [-0.05, 0) is 54.5 Å². The van der Waals surface area contributed by atoms with Crippen molar-refractivity contribution in [3.05, 3.63) is 65.2 Å². The van der Waals surface area contributed by atoms with Gasteiger partial charge in [0.1, 0.15) is 6.04 Å². The summed E-state index contributed by atoms with van der Waals surface area (Å²) >= 11 is 0. The van der Waals surface area contributed by atoms with Gasteiger partial charge in [-0.15, -0.1) is 0 Å². The number of sulfonamides is 1. The first-order chi connectivity index (χ1) is 13.8. The third-order valence-corrected chi connectivity index (χ3v) is 6.40.